The second-order valence-corrected chi connectivity index (χ2v) is 7.09. The maximum absolute atomic E-state index is 6.44. The van der Waals surface area contributed by atoms with Crippen molar-refractivity contribution >= 4 is 23.2 Å². The molecule has 0 heterocycles. The van der Waals surface area contributed by atoms with Crippen LogP contribution in [0.2, 0.25) is 5.02 Å². The van der Waals surface area contributed by atoms with Gasteiger partial charge in [0.25, 0.3) is 0 Å². The molecule has 96 valence electrons. The fourth-order valence-corrected chi connectivity index (χ4v) is 2.87. The zero-order chi connectivity index (χ0) is 13.1. The molecule has 1 aromatic rings. The Morgan fingerprint density at radius 2 is 1.65 bits per heavy atom. The Labute approximate surface area is 115 Å². The lowest BCUT2D eigenvalue weighted by Gasteiger charge is -2.24. The van der Waals surface area contributed by atoms with E-state index in [-0.39, 0.29) is 5.38 Å². The average Bonchev–Trinajstić information content (AvgIpc) is 2.15. The van der Waals surface area contributed by atoms with Crippen molar-refractivity contribution in [3.8, 4) is 0 Å². The lowest BCUT2D eigenvalue weighted by molar-refractivity contribution is 0.295. The summed E-state index contributed by atoms with van der Waals surface area (Å²) in [7, 11) is 0. The van der Waals surface area contributed by atoms with Crippen LogP contribution in [0.1, 0.15) is 51.5 Å². The fourth-order valence-electron chi connectivity index (χ4n) is 2.29. The summed E-state index contributed by atoms with van der Waals surface area (Å²) in [6, 6.07) is 7.84. The van der Waals surface area contributed by atoms with Crippen LogP contribution in [0.15, 0.2) is 24.3 Å². The van der Waals surface area contributed by atoms with Crippen LogP contribution in [0.5, 0.6) is 0 Å². The summed E-state index contributed by atoms with van der Waals surface area (Å²) in [4.78, 5) is 0. The molecule has 2 heteroatoms. The summed E-state index contributed by atoms with van der Waals surface area (Å²) in [5.74, 6) is 0.633. The molecule has 0 radical (unpaired) electrons. The van der Waals surface area contributed by atoms with Gasteiger partial charge in [-0.1, -0.05) is 51.4 Å². The van der Waals surface area contributed by atoms with Crippen molar-refractivity contribution in [2.75, 3.05) is 0 Å². The number of benzene rings is 1. The van der Waals surface area contributed by atoms with Crippen LogP contribution in [-0.4, -0.2) is 0 Å². The highest BCUT2D eigenvalue weighted by atomic mass is 35.5. The molecule has 0 aliphatic heterocycles. The van der Waals surface area contributed by atoms with Crippen LogP contribution in [0, 0.1) is 11.3 Å². The van der Waals surface area contributed by atoms with Crippen LogP contribution in [0.25, 0.3) is 0 Å². The molecule has 2 unspecified atom stereocenters. The molecule has 0 amide bonds. The van der Waals surface area contributed by atoms with Gasteiger partial charge in [-0.15, -0.1) is 11.6 Å². The van der Waals surface area contributed by atoms with E-state index < -0.39 is 0 Å². The highest BCUT2D eigenvalue weighted by Crippen LogP contribution is 2.33. The van der Waals surface area contributed by atoms with Gasteiger partial charge in [-0.2, -0.15) is 0 Å². The first-order valence-electron chi connectivity index (χ1n) is 6.17. The molecule has 0 fully saturated rings. The molecule has 0 saturated heterocycles. The second kappa shape index (κ2) is 6.11. The molecule has 0 aromatic heterocycles. The predicted molar refractivity (Wildman–Crippen MR) is 77.9 cm³/mol. The summed E-state index contributed by atoms with van der Waals surface area (Å²) in [6.45, 7) is 9.09. The topological polar surface area (TPSA) is 0 Å². The van der Waals surface area contributed by atoms with Crippen molar-refractivity contribution in [1.29, 1.82) is 0 Å². The van der Waals surface area contributed by atoms with Gasteiger partial charge in [0.15, 0.2) is 0 Å². The van der Waals surface area contributed by atoms with Gasteiger partial charge in [-0.25, -0.2) is 0 Å². The molecule has 0 bridgehead atoms. The van der Waals surface area contributed by atoms with Crippen LogP contribution < -0.4 is 0 Å². The summed E-state index contributed by atoms with van der Waals surface area (Å²) in [5.41, 5.74) is 1.53. The van der Waals surface area contributed by atoms with Gasteiger partial charge in [-0.3, -0.25) is 0 Å². The van der Waals surface area contributed by atoms with Crippen LogP contribution in [0.3, 0.4) is 0 Å². The van der Waals surface area contributed by atoms with E-state index >= 15 is 0 Å². The van der Waals surface area contributed by atoms with Crippen molar-refractivity contribution in [2.24, 2.45) is 11.3 Å². The van der Waals surface area contributed by atoms with Gasteiger partial charge in [0.2, 0.25) is 0 Å². The smallest absolute Gasteiger partial charge is 0.0587 e. The zero-order valence-corrected chi connectivity index (χ0v) is 12.6. The highest BCUT2D eigenvalue weighted by molar-refractivity contribution is 6.30. The monoisotopic (exact) mass is 272 g/mol. The SMILES string of the molecule is CC(CC(Cl)c1ccc(Cl)cc1)CC(C)(C)C. The third-order valence-corrected chi connectivity index (χ3v) is 3.48. The molecule has 2 atom stereocenters. The second-order valence-electron chi connectivity index (χ2n) is 6.12. The number of rotatable bonds is 4. The number of halogens is 2. The molecular weight excluding hydrogens is 251 g/mol. The standard InChI is InChI=1S/C15H22Cl2/c1-11(10-15(2,3)4)9-14(17)12-5-7-13(16)8-6-12/h5-8,11,14H,9-10H2,1-4H3. The van der Waals surface area contributed by atoms with Gasteiger partial charge in [0, 0.05) is 5.02 Å². The Hall–Kier alpha value is -0.200. The molecule has 0 saturated carbocycles. The summed E-state index contributed by atoms with van der Waals surface area (Å²) in [5, 5.41) is 0.852. The highest BCUT2D eigenvalue weighted by Gasteiger charge is 2.18. The van der Waals surface area contributed by atoms with E-state index in [1.807, 2.05) is 24.3 Å². The Morgan fingerprint density at radius 1 is 1.12 bits per heavy atom. The minimum absolute atomic E-state index is 0.0876. The normalized spacial score (nSPS) is 15.6. The molecule has 17 heavy (non-hydrogen) atoms. The lowest BCUT2D eigenvalue weighted by Crippen LogP contribution is -2.12. The first kappa shape index (κ1) is 14.9. The average molecular weight is 273 g/mol. The zero-order valence-electron chi connectivity index (χ0n) is 11.1. The molecular formula is C15H22Cl2. The van der Waals surface area contributed by atoms with E-state index in [1.165, 1.54) is 6.42 Å². The van der Waals surface area contributed by atoms with Gasteiger partial charge in [0.1, 0.15) is 0 Å². The van der Waals surface area contributed by atoms with Gasteiger partial charge < -0.3 is 0 Å². The van der Waals surface area contributed by atoms with Gasteiger partial charge in [0.05, 0.1) is 5.38 Å². The molecule has 0 nitrogen and oxygen atoms in total. The molecule has 0 spiro atoms. The van der Waals surface area contributed by atoms with Crippen molar-refractivity contribution in [3.05, 3.63) is 34.9 Å². The van der Waals surface area contributed by atoms with E-state index in [0.717, 1.165) is 17.0 Å². The minimum Gasteiger partial charge on any atom is -0.118 e. The van der Waals surface area contributed by atoms with Gasteiger partial charge in [-0.05, 0) is 41.9 Å². The summed E-state index contributed by atoms with van der Waals surface area (Å²) >= 11 is 12.3. The Morgan fingerprint density at radius 3 is 2.12 bits per heavy atom. The van der Waals surface area contributed by atoms with Crippen LogP contribution in [-0.2, 0) is 0 Å². The minimum atomic E-state index is 0.0876. The van der Waals surface area contributed by atoms with E-state index in [2.05, 4.69) is 27.7 Å². The van der Waals surface area contributed by atoms with E-state index in [4.69, 9.17) is 23.2 Å². The van der Waals surface area contributed by atoms with Crippen LogP contribution >= 0.6 is 23.2 Å². The molecule has 0 N–H and O–H groups in total. The largest absolute Gasteiger partial charge is 0.118 e. The maximum Gasteiger partial charge on any atom is 0.0587 e. The van der Waals surface area contributed by atoms with E-state index in [0.29, 0.717) is 11.3 Å². The Bertz CT molecular complexity index is 335. The quantitative estimate of drug-likeness (QED) is 0.583. The molecule has 0 aliphatic rings. The number of hydrogen-bond acceptors (Lipinski definition) is 0. The van der Waals surface area contributed by atoms with E-state index in [9.17, 15) is 0 Å². The van der Waals surface area contributed by atoms with Crippen molar-refractivity contribution in [2.45, 2.75) is 45.9 Å². The first-order chi connectivity index (χ1) is 7.78. The Kier molecular flexibility index (Phi) is 5.34. The van der Waals surface area contributed by atoms with E-state index in [1.54, 1.807) is 0 Å². The summed E-state index contributed by atoms with van der Waals surface area (Å²) < 4.78 is 0. The van der Waals surface area contributed by atoms with Crippen molar-refractivity contribution < 1.29 is 0 Å². The predicted octanol–water partition coefficient (Wildman–Crippen LogP) is 6.08. The third kappa shape index (κ3) is 5.79. The van der Waals surface area contributed by atoms with Crippen molar-refractivity contribution in [3.63, 3.8) is 0 Å². The van der Waals surface area contributed by atoms with Crippen molar-refractivity contribution in [1.82, 2.24) is 0 Å². The molecule has 1 aromatic carbocycles. The Balaban J connectivity index is 2.54. The third-order valence-electron chi connectivity index (χ3n) is 2.80. The van der Waals surface area contributed by atoms with Crippen LogP contribution in [0.4, 0.5) is 0 Å². The van der Waals surface area contributed by atoms with Gasteiger partial charge >= 0.3 is 0 Å². The lowest BCUT2D eigenvalue weighted by atomic mass is 9.83. The fraction of sp³-hybridized carbons (Fsp3) is 0.600. The first-order valence-corrected chi connectivity index (χ1v) is 6.99. The summed E-state index contributed by atoms with van der Waals surface area (Å²) in [6.07, 6.45) is 2.21. The molecule has 0 aliphatic carbocycles. The maximum atomic E-state index is 6.44. The number of hydrogen-bond donors (Lipinski definition) is 0. The number of alkyl halides is 1. The molecule has 1 rings (SSSR count).